The summed E-state index contributed by atoms with van der Waals surface area (Å²) in [6, 6.07) is 19.8. The third-order valence-corrected chi connectivity index (χ3v) is 7.47. The first kappa shape index (κ1) is 27.5. The van der Waals surface area contributed by atoms with E-state index in [2.05, 4.69) is 50.4 Å². The number of rotatable bonds is 9. The minimum atomic E-state index is -3.34. The Kier molecular flexibility index (Phi) is 8.35. The summed E-state index contributed by atoms with van der Waals surface area (Å²) >= 11 is 0. The van der Waals surface area contributed by atoms with Crippen LogP contribution in [0.15, 0.2) is 77.7 Å². The lowest BCUT2D eigenvalue weighted by Crippen LogP contribution is -2.33. The number of aromatic amines is 1. The van der Waals surface area contributed by atoms with Crippen molar-refractivity contribution in [2.45, 2.75) is 37.1 Å². The number of tetrazole rings is 1. The van der Waals surface area contributed by atoms with Gasteiger partial charge in [0, 0.05) is 17.5 Å². The van der Waals surface area contributed by atoms with Crippen LogP contribution in [-0.2, 0) is 9.84 Å². The van der Waals surface area contributed by atoms with Crippen LogP contribution >= 0.6 is 0 Å². The number of carbonyl (C=O) groups is 2. The largest absolute Gasteiger partial charge is 0.327 e. The Balaban J connectivity index is 1.56. The van der Waals surface area contributed by atoms with Crippen LogP contribution in [0.4, 0.5) is 16.4 Å². The quantitative estimate of drug-likeness (QED) is 0.243. The van der Waals surface area contributed by atoms with Gasteiger partial charge in [0.05, 0.1) is 10.9 Å². The standard InChI is InChI=1S/C27H29N7O4S/c1-4-17(2)18-5-7-19(8-6-18)24(29-27(36)28-22-13-15-23(16-14-22)39(3,37)38)20-9-11-21(12-10-20)25(35)30-26-31-33-34-32-26/h5-17,24H,4H2,1-3H3,(H2,28,29,36)(H2,30,31,32,33,34,35). The van der Waals surface area contributed by atoms with Crippen molar-refractivity contribution in [3.63, 3.8) is 0 Å². The normalized spacial score (nSPS) is 12.8. The van der Waals surface area contributed by atoms with Gasteiger partial charge in [0.2, 0.25) is 0 Å². The van der Waals surface area contributed by atoms with Crippen molar-refractivity contribution in [3.05, 3.63) is 95.1 Å². The van der Waals surface area contributed by atoms with Crippen molar-refractivity contribution >= 4 is 33.4 Å². The Labute approximate surface area is 226 Å². The molecule has 4 rings (SSSR count). The molecule has 0 fully saturated rings. The van der Waals surface area contributed by atoms with Crippen LogP contribution in [0.25, 0.3) is 0 Å². The van der Waals surface area contributed by atoms with E-state index in [1.807, 2.05) is 24.3 Å². The number of nitrogens with zero attached hydrogens (tertiary/aromatic N) is 3. The molecule has 0 bridgehead atoms. The first-order valence-electron chi connectivity index (χ1n) is 12.3. The van der Waals surface area contributed by atoms with Gasteiger partial charge in [-0.2, -0.15) is 5.21 Å². The second-order valence-electron chi connectivity index (χ2n) is 9.12. The van der Waals surface area contributed by atoms with Crippen molar-refractivity contribution < 1.29 is 18.0 Å². The average molecular weight is 548 g/mol. The van der Waals surface area contributed by atoms with Gasteiger partial charge in [-0.15, -0.1) is 5.10 Å². The molecular weight excluding hydrogens is 518 g/mol. The predicted molar refractivity (Wildman–Crippen MR) is 147 cm³/mol. The fraction of sp³-hybridized carbons (Fsp3) is 0.222. The van der Waals surface area contributed by atoms with Gasteiger partial charge in [-0.3, -0.25) is 10.1 Å². The molecule has 4 aromatic rings. The smallest absolute Gasteiger partial charge is 0.319 e. The molecule has 3 amide bonds. The molecule has 0 aliphatic heterocycles. The van der Waals surface area contributed by atoms with E-state index in [0.29, 0.717) is 17.2 Å². The minimum Gasteiger partial charge on any atom is -0.327 e. The molecule has 0 radical (unpaired) electrons. The van der Waals surface area contributed by atoms with Crippen LogP contribution in [-0.4, -0.2) is 47.2 Å². The highest BCUT2D eigenvalue weighted by atomic mass is 32.2. The van der Waals surface area contributed by atoms with Gasteiger partial charge >= 0.3 is 6.03 Å². The molecule has 1 heterocycles. The van der Waals surface area contributed by atoms with E-state index in [9.17, 15) is 18.0 Å². The van der Waals surface area contributed by atoms with Crippen molar-refractivity contribution in [2.75, 3.05) is 16.9 Å². The summed E-state index contributed by atoms with van der Waals surface area (Å²) in [5, 5.41) is 21.4. The zero-order valence-corrected chi connectivity index (χ0v) is 22.5. The van der Waals surface area contributed by atoms with Gasteiger partial charge in [0.25, 0.3) is 11.9 Å². The number of amides is 3. The maximum Gasteiger partial charge on any atom is 0.319 e. The monoisotopic (exact) mass is 547 g/mol. The fourth-order valence-corrected chi connectivity index (χ4v) is 4.54. The van der Waals surface area contributed by atoms with E-state index in [1.165, 1.54) is 29.8 Å². The van der Waals surface area contributed by atoms with Gasteiger partial charge in [0.1, 0.15) is 0 Å². The molecule has 4 N–H and O–H groups in total. The molecule has 2 atom stereocenters. The molecule has 202 valence electrons. The number of urea groups is 1. The molecule has 0 spiro atoms. The first-order valence-corrected chi connectivity index (χ1v) is 14.2. The van der Waals surface area contributed by atoms with Crippen molar-refractivity contribution in [2.24, 2.45) is 0 Å². The zero-order chi connectivity index (χ0) is 28.0. The van der Waals surface area contributed by atoms with Crippen LogP contribution in [0, 0.1) is 0 Å². The van der Waals surface area contributed by atoms with Crippen LogP contribution in [0.3, 0.4) is 0 Å². The summed E-state index contributed by atoms with van der Waals surface area (Å²) < 4.78 is 23.4. The van der Waals surface area contributed by atoms with Gasteiger partial charge in [0.15, 0.2) is 9.84 Å². The van der Waals surface area contributed by atoms with Gasteiger partial charge in [-0.05, 0) is 70.6 Å². The maximum absolute atomic E-state index is 13.0. The highest BCUT2D eigenvalue weighted by molar-refractivity contribution is 7.90. The summed E-state index contributed by atoms with van der Waals surface area (Å²) in [6.45, 7) is 4.29. The third-order valence-electron chi connectivity index (χ3n) is 6.34. The van der Waals surface area contributed by atoms with E-state index in [4.69, 9.17) is 0 Å². The minimum absolute atomic E-state index is 0.0613. The first-order chi connectivity index (χ1) is 18.6. The number of aromatic nitrogens is 4. The van der Waals surface area contributed by atoms with E-state index in [-0.39, 0.29) is 10.8 Å². The Morgan fingerprint density at radius 2 is 1.46 bits per heavy atom. The molecule has 12 heteroatoms. The average Bonchev–Trinajstić information content (AvgIpc) is 3.44. The molecule has 0 saturated carbocycles. The molecule has 0 aliphatic rings. The summed E-state index contributed by atoms with van der Waals surface area (Å²) in [5.41, 5.74) is 3.63. The summed E-state index contributed by atoms with van der Waals surface area (Å²) in [5.74, 6) is 0.0626. The lowest BCUT2D eigenvalue weighted by molar-refractivity contribution is 0.102. The van der Waals surface area contributed by atoms with Crippen molar-refractivity contribution in [3.8, 4) is 0 Å². The zero-order valence-electron chi connectivity index (χ0n) is 21.7. The molecular formula is C27H29N7O4S. The Bertz CT molecular complexity index is 1520. The molecule has 2 unspecified atom stereocenters. The molecule has 1 aromatic heterocycles. The summed E-state index contributed by atoms with van der Waals surface area (Å²) in [7, 11) is -3.34. The van der Waals surface area contributed by atoms with E-state index in [0.717, 1.165) is 23.8 Å². The van der Waals surface area contributed by atoms with E-state index in [1.54, 1.807) is 24.3 Å². The number of benzene rings is 3. The highest BCUT2D eigenvalue weighted by Gasteiger charge is 2.19. The van der Waals surface area contributed by atoms with Crippen molar-refractivity contribution in [1.29, 1.82) is 0 Å². The molecule has 0 saturated heterocycles. The third kappa shape index (κ3) is 7.05. The highest BCUT2D eigenvalue weighted by Crippen LogP contribution is 2.26. The number of nitrogens with one attached hydrogen (secondary N) is 4. The number of anilines is 2. The molecule has 0 aliphatic carbocycles. The lowest BCUT2D eigenvalue weighted by atomic mass is 9.93. The van der Waals surface area contributed by atoms with Crippen LogP contribution in [0.2, 0.25) is 0 Å². The Morgan fingerprint density at radius 1 is 0.872 bits per heavy atom. The number of hydrogen-bond donors (Lipinski definition) is 4. The number of H-pyrrole nitrogens is 1. The summed E-state index contributed by atoms with van der Waals surface area (Å²) in [4.78, 5) is 25.7. The van der Waals surface area contributed by atoms with Gasteiger partial charge < -0.3 is 10.6 Å². The SMILES string of the molecule is CCC(C)c1ccc(C(NC(=O)Nc2ccc(S(C)(=O)=O)cc2)c2ccc(C(=O)Nc3nn[nH]n3)cc2)cc1. The van der Waals surface area contributed by atoms with Crippen LogP contribution in [0.1, 0.15) is 59.3 Å². The number of hydrogen-bond acceptors (Lipinski definition) is 7. The number of sulfone groups is 1. The molecule has 11 nitrogen and oxygen atoms in total. The van der Waals surface area contributed by atoms with Gasteiger partial charge in [-0.1, -0.05) is 55.3 Å². The van der Waals surface area contributed by atoms with Crippen LogP contribution < -0.4 is 16.0 Å². The fourth-order valence-electron chi connectivity index (χ4n) is 3.91. The predicted octanol–water partition coefficient (Wildman–Crippen LogP) is 4.28. The van der Waals surface area contributed by atoms with E-state index < -0.39 is 27.8 Å². The van der Waals surface area contributed by atoms with Crippen LogP contribution in [0.5, 0.6) is 0 Å². The maximum atomic E-state index is 13.0. The van der Waals surface area contributed by atoms with E-state index >= 15 is 0 Å². The molecule has 3 aromatic carbocycles. The molecule has 39 heavy (non-hydrogen) atoms. The second-order valence-corrected chi connectivity index (χ2v) is 11.1. The summed E-state index contributed by atoms with van der Waals surface area (Å²) in [6.07, 6.45) is 2.13. The second kappa shape index (κ2) is 11.9. The lowest BCUT2D eigenvalue weighted by Gasteiger charge is -2.21. The van der Waals surface area contributed by atoms with Gasteiger partial charge in [-0.25, -0.2) is 13.2 Å². The number of carbonyl (C=O) groups excluding carboxylic acids is 2. The topological polar surface area (TPSA) is 159 Å². The Hall–Kier alpha value is -4.58. The van der Waals surface area contributed by atoms with Crippen molar-refractivity contribution in [1.82, 2.24) is 25.9 Å². The Morgan fingerprint density at radius 3 is 2.00 bits per heavy atom.